The molecule has 0 aliphatic carbocycles. The lowest BCUT2D eigenvalue weighted by Gasteiger charge is -2.08. The van der Waals surface area contributed by atoms with Gasteiger partial charge in [0.05, 0.1) is 0 Å². The second kappa shape index (κ2) is 6.77. The van der Waals surface area contributed by atoms with Crippen molar-refractivity contribution in [3.8, 4) is 0 Å². The lowest BCUT2D eigenvalue weighted by atomic mass is 10.3. The maximum atomic E-state index is 12.4. The molecule has 12 heteroatoms. The molecule has 136 valence electrons. The first-order valence-electron chi connectivity index (χ1n) is 6.37. The number of carbonyl (C=O) groups is 1. The third-order valence-corrected chi connectivity index (χ3v) is 7.09. The van der Waals surface area contributed by atoms with Crippen LogP contribution in [0.5, 0.6) is 0 Å². The number of hydrogen-bond acceptors (Lipinski definition) is 5. The van der Waals surface area contributed by atoms with E-state index in [2.05, 4.69) is 4.72 Å². The van der Waals surface area contributed by atoms with Crippen LogP contribution in [0.2, 0.25) is 0 Å². The Morgan fingerprint density at radius 1 is 1.24 bits per heavy atom. The van der Waals surface area contributed by atoms with Crippen LogP contribution in [-0.2, 0) is 20.8 Å². The summed E-state index contributed by atoms with van der Waals surface area (Å²) in [6, 6.07) is 5.04. The Morgan fingerprint density at radius 2 is 1.80 bits per heavy atom. The number of alkyl halides is 3. The van der Waals surface area contributed by atoms with Gasteiger partial charge in [0.2, 0.25) is 0 Å². The molecule has 0 aliphatic heterocycles. The van der Waals surface area contributed by atoms with E-state index in [0.29, 0.717) is 11.3 Å². The van der Waals surface area contributed by atoms with Crippen molar-refractivity contribution in [2.24, 2.45) is 0 Å². The summed E-state index contributed by atoms with van der Waals surface area (Å²) in [5.74, 6) is -1.26. The summed E-state index contributed by atoms with van der Waals surface area (Å²) < 4.78 is 74.7. The summed E-state index contributed by atoms with van der Waals surface area (Å²) in [5.41, 5.74) is -4.69. The van der Waals surface area contributed by atoms with Crippen LogP contribution in [0.25, 0.3) is 0 Å². The van der Waals surface area contributed by atoms with Crippen LogP contribution in [0.4, 0.5) is 18.9 Å². The van der Waals surface area contributed by atoms with Gasteiger partial charge in [0.25, 0.3) is 10.0 Å². The minimum absolute atomic E-state index is 0.0501. The number of aromatic carboxylic acids is 1. The largest absolute Gasteiger partial charge is 0.477 e. The van der Waals surface area contributed by atoms with Crippen molar-refractivity contribution in [2.75, 3.05) is 4.72 Å². The minimum atomic E-state index is -4.91. The molecular weight excluding hydrogens is 403 g/mol. The van der Waals surface area contributed by atoms with Gasteiger partial charge in [-0.1, -0.05) is 0 Å². The second-order valence-electron chi connectivity index (χ2n) is 4.73. The Balaban J connectivity index is 2.25. The van der Waals surface area contributed by atoms with Crippen LogP contribution in [0.1, 0.15) is 15.2 Å². The van der Waals surface area contributed by atoms with E-state index in [1.807, 2.05) is 0 Å². The molecule has 0 radical (unpaired) electrons. The summed E-state index contributed by atoms with van der Waals surface area (Å²) >= 11 is 0.558. The highest BCUT2D eigenvalue weighted by Crippen LogP contribution is 2.29. The average Bonchev–Trinajstić information content (AvgIpc) is 2.89. The predicted octanol–water partition coefficient (Wildman–Crippen LogP) is 3.18. The quantitative estimate of drug-likeness (QED) is 0.784. The van der Waals surface area contributed by atoms with Gasteiger partial charge < -0.3 is 5.11 Å². The smallest absolute Gasteiger partial charge is 0.475 e. The van der Waals surface area contributed by atoms with Crippen molar-refractivity contribution in [3.05, 3.63) is 40.8 Å². The molecule has 0 spiro atoms. The Labute approximate surface area is 146 Å². The molecule has 0 bridgehead atoms. The van der Waals surface area contributed by atoms with Gasteiger partial charge in [-0.25, -0.2) is 17.4 Å². The number of benzene rings is 1. The highest BCUT2D eigenvalue weighted by Gasteiger charge is 2.37. The molecule has 1 atom stereocenters. The highest BCUT2D eigenvalue weighted by molar-refractivity contribution is 7.94. The first kappa shape index (κ1) is 19.4. The number of sulfonamides is 1. The first-order valence-corrected chi connectivity index (χ1v) is 9.82. The molecule has 1 aromatic heterocycles. The molecule has 0 amide bonds. The van der Waals surface area contributed by atoms with Crippen LogP contribution >= 0.6 is 11.3 Å². The number of nitrogens with one attached hydrogen (secondary N) is 1. The maximum absolute atomic E-state index is 12.4. The number of carboxylic acid groups (broad SMARTS) is 1. The summed E-state index contributed by atoms with van der Waals surface area (Å²) in [5, 5.41) is 8.96. The molecule has 0 saturated carbocycles. The van der Waals surface area contributed by atoms with Crippen molar-refractivity contribution in [1.82, 2.24) is 0 Å². The van der Waals surface area contributed by atoms with Gasteiger partial charge in [-0.15, -0.1) is 11.3 Å². The number of hydrogen-bond donors (Lipinski definition) is 2. The van der Waals surface area contributed by atoms with E-state index >= 15 is 0 Å². The number of anilines is 1. The molecule has 1 heterocycles. The van der Waals surface area contributed by atoms with Crippen LogP contribution < -0.4 is 4.72 Å². The molecule has 0 fully saturated rings. The van der Waals surface area contributed by atoms with Gasteiger partial charge in [-0.2, -0.15) is 13.2 Å². The SMILES string of the molecule is Cc1cc(S(=O)(=O)Nc2ccc(S(=O)C(F)(F)F)cc2)sc1C(=O)O. The third-order valence-electron chi connectivity index (χ3n) is 2.89. The van der Waals surface area contributed by atoms with E-state index in [1.54, 1.807) is 0 Å². The van der Waals surface area contributed by atoms with Gasteiger partial charge in [0, 0.05) is 10.6 Å². The zero-order valence-electron chi connectivity index (χ0n) is 12.3. The van der Waals surface area contributed by atoms with Crippen molar-refractivity contribution >= 4 is 43.8 Å². The van der Waals surface area contributed by atoms with E-state index < -0.39 is 37.2 Å². The number of carboxylic acids is 1. The fourth-order valence-corrected chi connectivity index (χ4v) is 4.87. The van der Waals surface area contributed by atoms with Crippen LogP contribution in [-0.4, -0.2) is 29.2 Å². The standard InChI is InChI=1S/C13H10F3NO5S3/c1-7-6-10(23-11(7)12(18)19)25(21,22)17-8-2-4-9(5-3-8)24(20)13(14,15)16/h2-6,17H,1H3,(H,18,19). The van der Waals surface area contributed by atoms with Crippen molar-refractivity contribution in [1.29, 1.82) is 0 Å². The molecule has 0 saturated heterocycles. The number of rotatable bonds is 5. The van der Waals surface area contributed by atoms with E-state index in [4.69, 9.17) is 5.11 Å². The first-order chi connectivity index (χ1) is 11.4. The van der Waals surface area contributed by atoms with Gasteiger partial charge in [-0.3, -0.25) is 4.72 Å². The Hall–Kier alpha value is -1.92. The van der Waals surface area contributed by atoms with Gasteiger partial charge in [-0.05, 0) is 42.8 Å². The number of thiophene rings is 1. The lowest BCUT2D eigenvalue weighted by Crippen LogP contribution is -2.16. The molecule has 6 nitrogen and oxygen atoms in total. The van der Waals surface area contributed by atoms with Gasteiger partial charge in [0.15, 0.2) is 10.8 Å². The summed E-state index contributed by atoms with van der Waals surface area (Å²) in [7, 11) is -7.32. The summed E-state index contributed by atoms with van der Waals surface area (Å²) in [6.45, 7) is 1.44. The van der Waals surface area contributed by atoms with E-state index in [1.165, 1.54) is 13.0 Å². The molecule has 1 aromatic carbocycles. The molecule has 25 heavy (non-hydrogen) atoms. The average molecular weight is 413 g/mol. The van der Waals surface area contributed by atoms with Gasteiger partial charge in [0.1, 0.15) is 9.09 Å². The maximum Gasteiger partial charge on any atom is 0.475 e. The zero-order valence-corrected chi connectivity index (χ0v) is 14.8. The van der Waals surface area contributed by atoms with E-state index in [-0.39, 0.29) is 20.3 Å². The normalized spacial score (nSPS) is 13.4. The van der Waals surface area contributed by atoms with E-state index in [9.17, 15) is 30.6 Å². The summed E-state index contributed by atoms with van der Waals surface area (Å²) in [6.07, 6.45) is 0. The molecule has 2 rings (SSSR count). The molecule has 2 N–H and O–H groups in total. The lowest BCUT2D eigenvalue weighted by molar-refractivity contribution is -0.0384. The van der Waals surface area contributed by atoms with Gasteiger partial charge >= 0.3 is 11.5 Å². The minimum Gasteiger partial charge on any atom is -0.477 e. The molecule has 2 aromatic rings. The van der Waals surface area contributed by atoms with Crippen LogP contribution in [0.15, 0.2) is 39.4 Å². The number of aryl methyl sites for hydroxylation is 1. The van der Waals surface area contributed by atoms with Crippen molar-refractivity contribution in [2.45, 2.75) is 21.5 Å². The van der Waals surface area contributed by atoms with E-state index in [0.717, 1.165) is 24.3 Å². The Morgan fingerprint density at radius 3 is 2.24 bits per heavy atom. The van der Waals surface area contributed by atoms with Crippen molar-refractivity contribution < 1.29 is 35.7 Å². The Kier molecular flexibility index (Phi) is 5.25. The fourth-order valence-electron chi connectivity index (χ4n) is 1.78. The Bertz CT molecular complexity index is 933. The van der Waals surface area contributed by atoms with Crippen molar-refractivity contribution in [3.63, 3.8) is 0 Å². The summed E-state index contributed by atoms with van der Waals surface area (Å²) in [4.78, 5) is 10.3. The zero-order chi connectivity index (χ0) is 19.0. The second-order valence-corrected chi connectivity index (χ2v) is 9.16. The third kappa shape index (κ3) is 4.38. The molecule has 0 aliphatic rings. The molecule has 1 unspecified atom stereocenters. The van der Waals surface area contributed by atoms with Crippen LogP contribution in [0, 0.1) is 6.92 Å². The monoisotopic (exact) mass is 413 g/mol. The highest BCUT2D eigenvalue weighted by atomic mass is 32.2. The number of halogens is 3. The predicted molar refractivity (Wildman–Crippen MR) is 85.7 cm³/mol. The van der Waals surface area contributed by atoms with Crippen LogP contribution in [0.3, 0.4) is 0 Å². The molecular formula is C13H10F3NO5S3. The fraction of sp³-hybridized carbons (Fsp3) is 0.154. The topological polar surface area (TPSA) is 101 Å².